The van der Waals surface area contributed by atoms with Crippen molar-refractivity contribution in [1.82, 2.24) is 0 Å². The van der Waals surface area contributed by atoms with Gasteiger partial charge in [0.05, 0.1) is 5.92 Å². The summed E-state index contributed by atoms with van der Waals surface area (Å²) < 4.78 is 4.79. The Hall–Kier alpha value is -1.46. The molecule has 0 bridgehead atoms. The van der Waals surface area contributed by atoms with E-state index >= 15 is 0 Å². The minimum Gasteiger partial charge on any atom is -0.454 e. The van der Waals surface area contributed by atoms with E-state index in [4.69, 9.17) is 4.74 Å². The van der Waals surface area contributed by atoms with Crippen LogP contribution >= 0.6 is 0 Å². The average molecular weight is 217 g/mol. The van der Waals surface area contributed by atoms with E-state index in [9.17, 15) is 19.7 Å². The molecule has 0 saturated heterocycles. The molecule has 0 radical (unpaired) electrons. The van der Waals surface area contributed by atoms with Crippen molar-refractivity contribution in [3.05, 3.63) is 10.1 Å². The van der Waals surface area contributed by atoms with Gasteiger partial charge in [-0.15, -0.1) is 0 Å². The second kappa shape index (κ2) is 4.86. The molecule has 0 aliphatic carbocycles. The Kier molecular flexibility index (Phi) is 4.39. The van der Waals surface area contributed by atoms with Crippen LogP contribution in [0, 0.1) is 16.0 Å². The standard InChI is InChI=1S/C9H15NO5/c1-6(5-10(13)14)7(11)8(12)15-9(2,3)4/h6H,5H2,1-4H3/t6-/m0/s1. The minimum absolute atomic E-state index is 0.557. The molecule has 0 saturated carbocycles. The molecule has 0 aliphatic heterocycles. The van der Waals surface area contributed by atoms with Crippen LogP contribution in [0.5, 0.6) is 0 Å². The topological polar surface area (TPSA) is 86.5 Å². The molecule has 0 rings (SSSR count). The van der Waals surface area contributed by atoms with Crippen LogP contribution in [0.1, 0.15) is 27.7 Å². The Morgan fingerprint density at radius 3 is 2.20 bits per heavy atom. The number of carbonyl (C=O) groups is 2. The van der Waals surface area contributed by atoms with Gasteiger partial charge in [0.15, 0.2) is 0 Å². The highest BCUT2D eigenvalue weighted by Crippen LogP contribution is 2.09. The number of nitro groups is 1. The van der Waals surface area contributed by atoms with Gasteiger partial charge in [0.1, 0.15) is 5.60 Å². The first-order chi connectivity index (χ1) is 6.63. The van der Waals surface area contributed by atoms with Crippen LogP contribution in [0.2, 0.25) is 0 Å². The molecule has 0 heterocycles. The van der Waals surface area contributed by atoms with E-state index < -0.39 is 34.7 Å². The number of rotatable bonds is 4. The summed E-state index contributed by atoms with van der Waals surface area (Å²) in [6.07, 6.45) is 0. The van der Waals surface area contributed by atoms with Gasteiger partial charge < -0.3 is 4.74 Å². The highest BCUT2D eigenvalue weighted by molar-refractivity contribution is 6.34. The van der Waals surface area contributed by atoms with Crippen LogP contribution in [0.15, 0.2) is 0 Å². The normalized spacial score (nSPS) is 13.1. The molecule has 0 aromatic rings. The zero-order chi connectivity index (χ0) is 12.2. The first-order valence-electron chi connectivity index (χ1n) is 4.52. The lowest BCUT2D eigenvalue weighted by Crippen LogP contribution is -2.34. The zero-order valence-electron chi connectivity index (χ0n) is 9.27. The molecule has 86 valence electrons. The molecule has 6 heteroatoms. The molecule has 0 spiro atoms. The molecule has 0 amide bonds. The number of ether oxygens (including phenoxy) is 1. The number of ketones is 1. The fourth-order valence-electron chi connectivity index (χ4n) is 0.836. The summed E-state index contributed by atoms with van der Waals surface area (Å²) in [6.45, 7) is 5.64. The number of carbonyl (C=O) groups excluding carboxylic acids is 2. The second-order valence-corrected chi connectivity index (χ2v) is 4.28. The highest BCUT2D eigenvalue weighted by Gasteiger charge is 2.29. The van der Waals surface area contributed by atoms with Crippen molar-refractivity contribution in [2.75, 3.05) is 6.54 Å². The molecule has 0 unspecified atom stereocenters. The van der Waals surface area contributed by atoms with Crippen molar-refractivity contribution >= 4 is 11.8 Å². The zero-order valence-corrected chi connectivity index (χ0v) is 9.27. The van der Waals surface area contributed by atoms with Gasteiger partial charge in [0, 0.05) is 4.92 Å². The molecule has 1 atom stereocenters. The fourth-order valence-corrected chi connectivity index (χ4v) is 0.836. The van der Waals surface area contributed by atoms with Crippen LogP contribution in [-0.2, 0) is 14.3 Å². The van der Waals surface area contributed by atoms with Crippen molar-refractivity contribution in [2.45, 2.75) is 33.3 Å². The Bertz CT molecular complexity index is 279. The molecule has 15 heavy (non-hydrogen) atoms. The van der Waals surface area contributed by atoms with Crippen LogP contribution in [0.3, 0.4) is 0 Å². The third-order valence-electron chi connectivity index (χ3n) is 1.47. The maximum absolute atomic E-state index is 11.3. The summed E-state index contributed by atoms with van der Waals surface area (Å²) in [4.78, 5) is 32.0. The first-order valence-corrected chi connectivity index (χ1v) is 4.52. The van der Waals surface area contributed by atoms with Gasteiger partial charge in [-0.25, -0.2) is 4.79 Å². The van der Waals surface area contributed by atoms with Gasteiger partial charge in [0.2, 0.25) is 12.3 Å². The van der Waals surface area contributed by atoms with Crippen LogP contribution < -0.4 is 0 Å². The fraction of sp³-hybridized carbons (Fsp3) is 0.778. The smallest absolute Gasteiger partial charge is 0.375 e. The number of esters is 1. The quantitative estimate of drug-likeness (QED) is 0.301. The van der Waals surface area contributed by atoms with Crippen molar-refractivity contribution in [3.63, 3.8) is 0 Å². The van der Waals surface area contributed by atoms with Gasteiger partial charge in [0.25, 0.3) is 0 Å². The molecule has 0 fully saturated rings. The van der Waals surface area contributed by atoms with Crippen molar-refractivity contribution < 1.29 is 19.2 Å². The summed E-state index contributed by atoms with van der Waals surface area (Å²) in [5.74, 6) is -2.83. The Morgan fingerprint density at radius 1 is 1.40 bits per heavy atom. The van der Waals surface area contributed by atoms with Crippen LogP contribution in [-0.4, -0.2) is 28.8 Å². The van der Waals surface area contributed by atoms with E-state index in [-0.39, 0.29) is 0 Å². The maximum atomic E-state index is 11.3. The van der Waals surface area contributed by atoms with Gasteiger partial charge in [-0.2, -0.15) is 0 Å². The molecule has 0 aromatic heterocycles. The highest BCUT2D eigenvalue weighted by atomic mass is 16.6. The van der Waals surface area contributed by atoms with E-state index in [0.717, 1.165) is 0 Å². The lowest BCUT2D eigenvalue weighted by molar-refractivity contribution is -0.484. The van der Waals surface area contributed by atoms with Gasteiger partial charge in [-0.3, -0.25) is 14.9 Å². The van der Waals surface area contributed by atoms with E-state index in [0.29, 0.717) is 0 Å². The summed E-state index contributed by atoms with van der Waals surface area (Å²) >= 11 is 0. The molecule has 6 nitrogen and oxygen atoms in total. The number of hydrogen-bond acceptors (Lipinski definition) is 5. The van der Waals surface area contributed by atoms with Crippen LogP contribution in [0.4, 0.5) is 0 Å². The average Bonchev–Trinajstić information content (AvgIpc) is 1.98. The maximum Gasteiger partial charge on any atom is 0.375 e. The summed E-state index contributed by atoms with van der Waals surface area (Å²) in [5.41, 5.74) is -0.763. The van der Waals surface area contributed by atoms with Gasteiger partial charge in [-0.05, 0) is 27.7 Å². The molecular weight excluding hydrogens is 202 g/mol. The lowest BCUT2D eigenvalue weighted by Gasteiger charge is -2.19. The van der Waals surface area contributed by atoms with E-state index in [1.54, 1.807) is 20.8 Å². The molecule has 0 aromatic carbocycles. The molecular formula is C9H15NO5. The molecule has 0 aliphatic rings. The number of hydrogen-bond donors (Lipinski definition) is 0. The first kappa shape index (κ1) is 13.5. The lowest BCUT2D eigenvalue weighted by atomic mass is 10.1. The Morgan fingerprint density at radius 2 is 1.87 bits per heavy atom. The van der Waals surface area contributed by atoms with E-state index in [1.807, 2.05) is 0 Å². The van der Waals surface area contributed by atoms with Crippen molar-refractivity contribution in [3.8, 4) is 0 Å². The Labute approximate surface area is 87.7 Å². The van der Waals surface area contributed by atoms with E-state index in [2.05, 4.69) is 0 Å². The summed E-state index contributed by atoms with van der Waals surface area (Å²) in [6, 6.07) is 0. The monoisotopic (exact) mass is 217 g/mol. The summed E-state index contributed by atoms with van der Waals surface area (Å²) in [7, 11) is 0. The van der Waals surface area contributed by atoms with Crippen molar-refractivity contribution in [1.29, 1.82) is 0 Å². The minimum atomic E-state index is -1.02. The largest absolute Gasteiger partial charge is 0.454 e. The van der Waals surface area contributed by atoms with Crippen LogP contribution in [0.25, 0.3) is 0 Å². The number of nitrogens with zero attached hydrogens (tertiary/aromatic N) is 1. The third-order valence-corrected chi connectivity index (χ3v) is 1.47. The third kappa shape index (κ3) is 5.77. The van der Waals surface area contributed by atoms with Gasteiger partial charge in [-0.1, -0.05) is 0 Å². The summed E-state index contributed by atoms with van der Waals surface area (Å²) in [5, 5.41) is 10.1. The predicted octanol–water partition coefficient (Wildman–Crippen LogP) is 0.810. The number of Topliss-reactive ketones (excluding diaryl/α,β-unsaturated/α-hetero) is 1. The Balaban J connectivity index is 4.33. The SMILES string of the molecule is C[C@@H](C[N+](=O)[O-])C(=O)C(=O)OC(C)(C)C. The van der Waals surface area contributed by atoms with Crippen molar-refractivity contribution in [2.24, 2.45) is 5.92 Å². The van der Waals surface area contributed by atoms with E-state index in [1.165, 1.54) is 6.92 Å². The second-order valence-electron chi connectivity index (χ2n) is 4.28. The van der Waals surface area contributed by atoms with Gasteiger partial charge >= 0.3 is 5.97 Å². The molecule has 0 N–H and O–H groups in total. The predicted molar refractivity (Wildman–Crippen MR) is 51.9 cm³/mol.